The second-order valence-corrected chi connectivity index (χ2v) is 8.76. The van der Waals surface area contributed by atoms with Crippen LogP contribution in [0.25, 0.3) is 0 Å². The Balaban J connectivity index is 1.27. The number of hydrogen-bond donors (Lipinski definition) is 0. The van der Waals surface area contributed by atoms with Crippen LogP contribution in [0.1, 0.15) is 48.2 Å². The van der Waals surface area contributed by atoms with Crippen LogP contribution in [-0.4, -0.2) is 72.7 Å². The van der Waals surface area contributed by atoms with E-state index in [2.05, 4.69) is 0 Å². The highest BCUT2D eigenvalue weighted by Crippen LogP contribution is 2.36. The van der Waals surface area contributed by atoms with Gasteiger partial charge >= 0.3 is 0 Å². The van der Waals surface area contributed by atoms with Crippen molar-refractivity contribution in [1.82, 2.24) is 9.80 Å². The lowest BCUT2D eigenvalue weighted by Gasteiger charge is -2.46. The molecule has 3 fully saturated rings. The van der Waals surface area contributed by atoms with Gasteiger partial charge < -0.3 is 19.3 Å². The van der Waals surface area contributed by atoms with Crippen LogP contribution in [0.5, 0.6) is 0 Å². The van der Waals surface area contributed by atoms with Gasteiger partial charge in [0.25, 0.3) is 5.91 Å². The monoisotopic (exact) mass is 392 g/mol. The van der Waals surface area contributed by atoms with Crippen LogP contribution in [0, 0.1) is 0 Å². The zero-order chi connectivity index (χ0) is 18.7. The molecule has 6 nitrogen and oxygen atoms in total. The maximum Gasteiger partial charge on any atom is 0.263 e. The second kappa shape index (κ2) is 8.29. The van der Waals surface area contributed by atoms with Crippen molar-refractivity contribution in [3.63, 3.8) is 0 Å². The Hall–Kier alpha value is -1.44. The molecule has 1 atom stereocenters. The molecule has 0 radical (unpaired) electrons. The second-order valence-electron chi connectivity index (χ2n) is 7.81. The van der Waals surface area contributed by atoms with Crippen LogP contribution < -0.4 is 0 Å². The third kappa shape index (κ3) is 4.36. The SMILES string of the molecule is O=C(COC1CCOC2(CCN(C(=O)c3cccs3)CC2)C1)N1CCCC1. The van der Waals surface area contributed by atoms with Crippen molar-refractivity contribution < 1.29 is 19.1 Å². The predicted molar refractivity (Wildman–Crippen MR) is 103 cm³/mol. The van der Waals surface area contributed by atoms with Crippen molar-refractivity contribution in [1.29, 1.82) is 0 Å². The highest BCUT2D eigenvalue weighted by atomic mass is 32.1. The summed E-state index contributed by atoms with van der Waals surface area (Å²) in [5, 5.41) is 1.94. The minimum absolute atomic E-state index is 0.0739. The van der Waals surface area contributed by atoms with Crippen LogP contribution in [0.4, 0.5) is 0 Å². The van der Waals surface area contributed by atoms with E-state index in [0.29, 0.717) is 6.61 Å². The Morgan fingerprint density at radius 3 is 2.67 bits per heavy atom. The lowest BCUT2D eigenvalue weighted by Crippen LogP contribution is -2.52. The van der Waals surface area contributed by atoms with E-state index < -0.39 is 0 Å². The maximum absolute atomic E-state index is 12.5. The minimum atomic E-state index is -0.203. The van der Waals surface area contributed by atoms with Crippen LogP contribution in [-0.2, 0) is 14.3 Å². The molecule has 148 valence electrons. The van der Waals surface area contributed by atoms with Crippen molar-refractivity contribution in [2.45, 2.75) is 50.2 Å². The maximum atomic E-state index is 12.5. The molecule has 4 rings (SSSR count). The van der Waals surface area contributed by atoms with E-state index in [4.69, 9.17) is 9.47 Å². The van der Waals surface area contributed by atoms with E-state index >= 15 is 0 Å². The third-order valence-electron chi connectivity index (χ3n) is 6.04. The van der Waals surface area contributed by atoms with Gasteiger partial charge in [-0.2, -0.15) is 0 Å². The Labute approximate surface area is 164 Å². The number of thiophene rings is 1. The highest BCUT2D eigenvalue weighted by Gasteiger charge is 2.42. The molecular formula is C20H28N2O4S. The molecule has 1 aromatic rings. The first-order valence-corrected chi connectivity index (χ1v) is 10.9. The first-order valence-electron chi connectivity index (χ1n) is 10.0. The number of hydrogen-bond acceptors (Lipinski definition) is 5. The summed E-state index contributed by atoms with van der Waals surface area (Å²) in [4.78, 5) is 29.4. The fourth-order valence-corrected chi connectivity index (χ4v) is 5.08. The van der Waals surface area contributed by atoms with Gasteiger partial charge in [-0.3, -0.25) is 9.59 Å². The average molecular weight is 393 g/mol. The van der Waals surface area contributed by atoms with Crippen LogP contribution in [0.15, 0.2) is 17.5 Å². The van der Waals surface area contributed by atoms with E-state index in [1.54, 1.807) is 0 Å². The molecule has 7 heteroatoms. The zero-order valence-corrected chi connectivity index (χ0v) is 16.5. The van der Waals surface area contributed by atoms with Crippen molar-refractivity contribution in [3.05, 3.63) is 22.4 Å². The highest BCUT2D eigenvalue weighted by molar-refractivity contribution is 7.12. The number of carbonyl (C=O) groups excluding carboxylic acids is 2. The summed E-state index contributed by atoms with van der Waals surface area (Å²) >= 11 is 1.49. The Morgan fingerprint density at radius 2 is 1.96 bits per heavy atom. The van der Waals surface area contributed by atoms with Gasteiger partial charge in [0.15, 0.2) is 0 Å². The first-order chi connectivity index (χ1) is 13.2. The zero-order valence-electron chi connectivity index (χ0n) is 15.7. The molecule has 0 saturated carbocycles. The average Bonchev–Trinajstić information content (AvgIpc) is 3.40. The normalized spacial score (nSPS) is 25.1. The number of amides is 2. The summed E-state index contributed by atoms with van der Waals surface area (Å²) in [6.07, 6.45) is 5.62. The summed E-state index contributed by atoms with van der Waals surface area (Å²) in [5.41, 5.74) is -0.203. The van der Waals surface area contributed by atoms with E-state index in [9.17, 15) is 9.59 Å². The Bertz CT molecular complexity index is 649. The molecule has 1 spiro atoms. The number of piperidine rings is 1. The summed E-state index contributed by atoms with van der Waals surface area (Å²) in [5.74, 6) is 0.240. The summed E-state index contributed by atoms with van der Waals surface area (Å²) in [7, 11) is 0. The van der Waals surface area contributed by atoms with Crippen molar-refractivity contribution >= 4 is 23.2 Å². The molecule has 27 heavy (non-hydrogen) atoms. The predicted octanol–water partition coefficient (Wildman–Crippen LogP) is 2.54. The van der Waals surface area contributed by atoms with Gasteiger partial charge in [-0.25, -0.2) is 0 Å². The van der Waals surface area contributed by atoms with Gasteiger partial charge in [0.05, 0.1) is 16.6 Å². The fraction of sp³-hybridized carbons (Fsp3) is 0.700. The van der Waals surface area contributed by atoms with Crippen molar-refractivity contribution in [2.75, 3.05) is 39.4 Å². The molecule has 0 aromatic carbocycles. The smallest absolute Gasteiger partial charge is 0.263 e. The van der Waals surface area contributed by atoms with E-state index in [-0.39, 0.29) is 30.1 Å². The number of ether oxygens (including phenoxy) is 2. The molecule has 3 aliphatic heterocycles. The molecule has 3 aliphatic rings. The van der Waals surface area contributed by atoms with Crippen LogP contribution in [0.2, 0.25) is 0 Å². The quantitative estimate of drug-likeness (QED) is 0.790. The molecular weight excluding hydrogens is 364 g/mol. The van der Waals surface area contributed by atoms with E-state index in [0.717, 1.165) is 69.6 Å². The van der Waals surface area contributed by atoms with Gasteiger partial charge in [-0.1, -0.05) is 6.07 Å². The summed E-state index contributed by atoms with van der Waals surface area (Å²) in [6, 6.07) is 3.80. The standard InChI is InChI=1S/C20H28N2O4S/c23-18(21-8-1-2-9-21)15-25-16-5-12-26-20(14-16)6-10-22(11-7-20)19(24)17-4-3-13-27-17/h3-4,13,16H,1-2,5-12,14-15H2. The number of rotatable bonds is 4. The Kier molecular flexibility index (Phi) is 5.80. The topological polar surface area (TPSA) is 59.1 Å². The van der Waals surface area contributed by atoms with Gasteiger partial charge in [0.2, 0.25) is 5.91 Å². The molecule has 0 bridgehead atoms. The van der Waals surface area contributed by atoms with Crippen LogP contribution in [0.3, 0.4) is 0 Å². The van der Waals surface area contributed by atoms with E-state index in [1.807, 2.05) is 27.3 Å². The number of likely N-dealkylation sites (tertiary alicyclic amines) is 2. The minimum Gasteiger partial charge on any atom is -0.375 e. The number of carbonyl (C=O) groups is 2. The molecule has 4 heterocycles. The summed E-state index contributed by atoms with van der Waals surface area (Å²) in [6.45, 7) is 4.03. The summed E-state index contributed by atoms with van der Waals surface area (Å²) < 4.78 is 12.1. The van der Waals surface area contributed by atoms with Gasteiger partial charge in [0.1, 0.15) is 6.61 Å². The van der Waals surface area contributed by atoms with Gasteiger partial charge in [0, 0.05) is 39.2 Å². The van der Waals surface area contributed by atoms with Crippen LogP contribution >= 0.6 is 11.3 Å². The molecule has 3 saturated heterocycles. The van der Waals surface area contributed by atoms with Crippen molar-refractivity contribution in [3.8, 4) is 0 Å². The lowest BCUT2D eigenvalue weighted by atomic mass is 9.83. The van der Waals surface area contributed by atoms with Gasteiger partial charge in [-0.15, -0.1) is 11.3 Å². The lowest BCUT2D eigenvalue weighted by molar-refractivity contribution is -0.161. The largest absolute Gasteiger partial charge is 0.375 e. The van der Waals surface area contributed by atoms with E-state index in [1.165, 1.54) is 11.3 Å². The molecule has 2 amide bonds. The Morgan fingerprint density at radius 1 is 1.19 bits per heavy atom. The van der Waals surface area contributed by atoms with Crippen molar-refractivity contribution in [2.24, 2.45) is 0 Å². The molecule has 0 aliphatic carbocycles. The van der Waals surface area contributed by atoms with Gasteiger partial charge in [-0.05, 0) is 43.6 Å². The first kappa shape index (κ1) is 18.9. The third-order valence-corrected chi connectivity index (χ3v) is 6.90. The molecule has 1 aromatic heterocycles. The molecule has 1 unspecified atom stereocenters. The number of nitrogens with zero attached hydrogens (tertiary/aromatic N) is 2. The molecule has 0 N–H and O–H groups in total. The fourth-order valence-electron chi connectivity index (χ4n) is 4.39.